The minimum atomic E-state index is -0.829. The van der Waals surface area contributed by atoms with E-state index < -0.39 is 24.3 Å². The number of ketones is 1. The number of anilines is 3. The second kappa shape index (κ2) is 22.5. The predicted octanol–water partition coefficient (Wildman–Crippen LogP) is 5.07. The molecule has 0 spiro atoms. The average molecular weight is 1070 g/mol. The number of pyridine rings is 2. The molecular weight excluding hydrogens is 1030 g/mol. The van der Waals surface area contributed by atoms with Gasteiger partial charge in [-0.3, -0.25) is 4.79 Å². The van der Waals surface area contributed by atoms with Gasteiger partial charge in [-0.05, 0) is 51.1 Å². The molecule has 7 N–H and O–H groups in total. The number of azo groups is 3. The van der Waals surface area contributed by atoms with Crippen LogP contribution in [0.5, 0.6) is 0 Å². The number of hydrogen-bond acceptors (Lipinski definition) is 27. The summed E-state index contributed by atoms with van der Waals surface area (Å²) in [5, 5.41) is 60.9. The third kappa shape index (κ3) is 10.5. The lowest BCUT2D eigenvalue weighted by atomic mass is 10.2. The van der Waals surface area contributed by atoms with Gasteiger partial charge in [0.05, 0.1) is 55.5 Å². The Kier molecular flexibility index (Phi) is 14.9. The smallest absolute Gasteiger partial charge is 0.343 e. The van der Waals surface area contributed by atoms with Crippen molar-refractivity contribution in [3.8, 4) is 29.2 Å². The summed E-state index contributed by atoms with van der Waals surface area (Å²) >= 11 is 0. The van der Waals surface area contributed by atoms with E-state index in [1.165, 1.54) is 73.3 Å². The van der Waals surface area contributed by atoms with Gasteiger partial charge in [-0.2, -0.15) is 54.0 Å². The highest BCUT2D eigenvalue weighted by atomic mass is 16.5. The van der Waals surface area contributed by atoms with E-state index in [2.05, 4.69) is 91.2 Å². The highest BCUT2D eigenvalue weighted by Crippen LogP contribution is 2.35. The molecule has 0 amide bonds. The van der Waals surface area contributed by atoms with E-state index in [0.29, 0.717) is 40.4 Å². The second-order valence-electron chi connectivity index (χ2n) is 16.1. The minimum absolute atomic E-state index is 0.0432. The molecule has 0 aliphatic carbocycles. The van der Waals surface area contributed by atoms with E-state index in [1.54, 1.807) is 95.1 Å². The molecule has 10 aromatic rings. The van der Waals surface area contributed by atoms with Crippen molar-refractivity contribution in [2.24, 2.45) is 37.7 Å². The SMILES string of the molecule is COC(=O)c1cnn(-c2cc(-n3ncc(C(=O)CO)c3N=Nc3c(C)nn(-c4ccccn4)c3N)ncn2)c1N=Nc1c(C)nn(-c2ccccn2)c1N.COC(=O)c1cnn(C)c1N=Nc1c(C)nn(-c2ncccn2)c1N. The Morgan fingerprint density at radius 1 is 0.519 bits per heavy atom. The maximum Gasteiger partial charge on any atom is 0.343 e. The number of carbonyl (C=O) groups excluding carboxylic acids is 3. The van der Waals surface area contributed by atoms with Gasteiger partial charge >= 0.3 is 11.9 Å². The van der Waals surface area contributed by atoms with Crippen molar-refractivity contribution in [2.45, 2.75) is 20.8 Å². The highest BCUT2D eigenvalue weighted by Gasteiger charge is 2.25. The van der Waals surface area contributed by atoms with Crippen molar-refractivity contribution in [3.63, 3.8) is 0 Å². The Hall–Kier alpha value is -11.5. The first-order chi connectivity index (χ1) is 38.2. The zero-order valence-corrected chi connectivity index (χ0v) is 42.4. The van der Waals surface area contributed by atoms with Gasteiger partial charge in [0.1, 0.15) is 24.1 Å². The van der Waals surface area contributed by atoms with E-state index in [0.717, 1.165) is 0 Å². The number of nitrogens with two attached hydrogens (primary N) is 3. The van der Waals surface area contributed by atoms with Crippen LogP contribution in [-0.2, 0) is 16.5 Å². The van der Waals surface area contributed by atoms with E-state index in [9.17, 15) is 19.5 Å². The summed E-state index contributed by atoms with van der Waals surface area (Å²) < 4.78 is 17.7. The Balaban J connectivity index is 0.000000252. The zero-order chi connectivity index (χ0) is 55.9. The summed E-state index contributed by atoms with van der Waals surface area (Å²) in [5.74, 6) is 0.0635. The third-order valence-electron chi connectivity index (χ3n) is 11.1. The van der Waals surface area contributed by atoms with Gasteiger partial charge in [-0.25, -0.2) is 44.2 Å². The van der Waals surface area contributed by atoms with Gasteiger partial charge in [-0.15, -0.1) is 30.7 Å². The first kappa shape index (κ1) is 52.4. The van der Waals surface area contributed by atoms with Crippen LogP contribution in [0.4, 0.5) is 52.0 Å². The highest BCUT2D eigenvalue weighted by molar-refractivity contribution is 6.00. The third-order valence-corrected chi connectivity index (χ3v) is 11.1. The Labute approximate surface area is 443 Å². The summed E-state index contributed by atoms with van der Waals surface area (Å²) in [5.41, 5.74) is 21.1. The molecule has 0 atom stereocenters. The number of nitrogens with zero attached hydrogens (tertiary/aromatic N) is 24. The van der Waals surface area contributed by atoms with Crippen LogP contribution in [-0.4, -0.2) is 132 Å². The molecule has 0 radical (unpaired) electrons. The number of aliphatic hydroxyl groups is 1. The topological polar surface area (TPSA) is 426 Å². The monoisotopic (exact) mass is 1070 g/mol. The number of esters is 2. The van der Waals surface area contributed by atoms with Gasteiger partial charge in [0, 0.05) is 37.9 Å². The number of aromatic nitrogens is 18. The van der Waals surface area contributed by atoms with Crippen molar-refractivity contribution in [1.29, 1.82) is 0 Å². The largest absolute Gasteiger partial charge is 0.465 e. The second-order valence-corrected chi connectivity index (χ2v) is 16.1. The lowest BCUT2D eigenvalue weighted by Gasteiger charge is -2.07. The average Bonchev–Trinajstić information content (AvgIpc) is 4.46. The van der Waals surface area contributed by atoms with Gasteiger partial charge in [0.15, 0.2) is 81.0 Å². The van der Waals surface area contributed by atoms with Crippen molar-refractivity contribution in [2.75, 3.05) is 38.0 Å². The predicted molar refractivity (Wildman–Crippen MR) is 275 cm³/mol. The number of aliphatic hydroxyl groups excluding tert-OH is 1. The maximum absolute atomic E-state index is 12.8. The molecule has 33 nitrogen and oxygen atoms in total. The lowest BCUT2D eigenvalue weighted by Crippen LogP contribution is -2.07. The number of hydrogen-bond donors (Lipinski definition) is 4. The van der Waals surface area contributed by atoms with E-state index in [4.69, 9.17) is 26.7 Å². The van der Waals surface area contributed by atoms with Crippen LogP contribution >= 0.6 is 0 Å². The first-order valence-corrected chi connectivity index (χ1v) is 22.9. The number of Topliss-reactive ketones (excluding diaryl/α,β-unsaturated/α-hetero) is 1. The van der Waals surface area contributed by atoms with Gasteiger partial charge in [0.2, 0.25) is 0 Å². The van der Waals surface area contributed by atoms with Crippen LogP contribution in [0.15, 0.2) is 129 Å². The summed E-state index contributed by atoms with van der Waals surface area (Å²) in [6, 6.07) is 13.6. The van der Waals surface area contributed by atoms with Gasteiger partial charge in [0.25, 0.3) is 5.95 Å². The summed E-state index contributed by atoms with van der Waals surface area (Å²) in [4.78, 5) is 62.7. The van der Waals surface area contributed by atoms with E-state index >= 15 is 0 Å². The molecule has 0 aliphatic heterocycles. The molecule has 0 aliphatic rings. The molecule has 0 bridgehead atoms. The fraction of sp³-hybridized carbons (Fsp3) is 0.152. The Morgan fingerprint density at radius 3 is 1.43 bits per heavy atom. The van der Waals surface area contributed by atoms with Crippen molar-refractivity contribution in [3.05, 3.63) is 132 Å². The molecule has 0 fully saturated rings. The fourth-order valence-corrected chi connectivity index (χ4v) is 7.25. The molecule has 0 unspecified atom stereocenters. The molecule has 10 rings (SSSR count). The van der Waals surface area contributed by atoms with Crippen LogP contribution < -0.4 is 17.2 Å². The molecule has 0 aromatic carbocycles. The van der Waals surface area contributed by atoms with Crippen molar-refractivity contribution >= 4 is 69.7 Å². The zero-order valence-electron chi connectivity index (χ0n) is 42.4. The normalized spacial score (nSPS) is 11.4. The molecule has 398 valence electrons. The van der Waals surface area contributed by atoms with Crippen LogP contribution in [0.25, 0.3) is 29.2 Å². The quantitative estimate of drug-likeness (QED) is 0.0591. The number of ether oxygens (including phenoxy) is 2. The molecule has 10 aromatic heterocycles. The Morgan fingerprint density at radius 2 is 0.949 bits per heavy atom. The van der Waals surface area contributed by atoms with Crippen LogP contribution in [0, 0.1) is 20.8 Å². The van der Waals surface area contributed by atoms with Crippen LogP contribution in [0.2, 0.25) is 0 Å². The molecule has 0 saturated carbocycles. The summed E-state index contributed by atoms with van der Waals surface area (Å²) in [6.45, 7) is 4.28. The van der Waals surface area contributed by atoms with Crippen LogP contribution in [0.1, 0.15) is 48.2 Å². The van der Waals surface area contributed by atoms with E-state index in [1.807, 2.05) is 0 Å². The number of methoxy groups -OCH3 is 2. The lowest BCUT2D eigenvalue weighted by molar-refractivity contribution is 0.0592. The van der Waals surface area contributed by atoms with Gasteiger partial charge in [-0.1, -0.05) is 12.1 Å². The molecule has 10 heterocycles. The maximum atomic E-state index is 12.8. The molecular formula is C46H43N27O6. The fourth-order valence-electron chi connectivity index (χ4n) is 7.25. The van der Waals surface area contributed by atoms with E-state index in [-0.39, 0.29) is 74.6 Å². The van der Waals surface area contributed by atoms with Gasteiger partial charge < -0.3 is 31.8 Å². The minimum Gasteiger partial charge on any atom is -0.465 e. The first-order valence-electron chi connectivity index (χ1n) is 22.9. The number of rotatable bonds is 15. The summed E-state index contributed by atoms with van der Waals surface area (Å²) in [6.07, 6.45) is 11.4. The number of carbonyl (C=O) groups is 3. The molecule has 33 heteroatoms. The number of nitrogen functional groups attached to an aromatic ring is 3. The van der Waals surface area contributed by atoms with Crippen molar-refractivity contribution in [1.82, 2.24) is 88.6 Å². The Bertz CT molecular complexity index is 3790. The molecule has 0 saturated heterocycles. The van der Waals surface area contributed by atoms with Crippen molar-refractivity contribution < 1.29 is 29.0 Å². The molecule has 79 heavy (non-hydrogen) atoms. The standard InChI is InChI=1S/C32H28N18O4.C14H15N9O2/c1-17-26(28(33)47(45-17)22-8-4-6-10-35-22)41-43-30-19(21(52)15-51)13-39-49(30)24-12-25(38-16-37-24)50-31(20(14-40-50)32(53)54-3)44-42-27-18(2)46-48(29(27)34)23-9-5-7-11-36-23;1-8-10(11(15)23(21-8)14-16-5-4-6-17-14)19-20-12-9(13(24)25-3)7-18-22(12)2/h4-14,16,51H,15,33-34H2,1-3H3;4-7H,15H2,1-3H3. The van der Waals surface area contributed by atoms with Crippen LogP contribution in [0.3, 0.4) is 0 Å². The number of aryl methyl sites for hydroxylation is 4. The summed E-state index contributed by atoms with van der Waals surface area (Å²) in [7, 11) is 4.13.